The van der Waals surface area contributed by atoms with Gasteiger partial charge in [0.25, 0.3) is 0 Å². The smallest absolute Gasteiger partial charge is 0.228 e. The summed E-state index contributed by atoms with van der Waals surface area (Å²) < 4.78 is 0. The van der Waals surface area contributed by atoms with Gasteiger partial charge in [0.05, 0.1) is 6.42 Å². The van der Waals surface area contributed by atoms with E-state index >= 15 is 0 Å². The van der Waals surface area contributed by atoms with Crippen molar-refractivity contribution in [1.82, 2.24) is 0 Å². The first-order valence-corrected chi connectivity index (χ1v) is 6.83. The van der Waals surface area contributed by atoms with Crippen LogP contribution in [0.2, 0.25) is 0 Å². The molecule has 0 radical (unpaired) electrons. The molecule has 1 aromatic rings. The number of nitrogens with two attached hydrogens (primary N) is 1. The van der Waals surface area contributed by atoms with E-state index in [1.54, 1.807) is 0 Å². The summed E-state index contributed by atoms with van der Waals surface area (Å²) in [7, 11) is 0. The zero-order valence-corrected chi connectivity index (χ0v) is 10.7. The second-order valence-corrected chi connectivity index (χ2v) is 5.80. The first-order valence-electron chi connectivity index (χ1n) is 6.83. The second-order valence-electron chi connectivity index (χ2n) is 5.80. The van der Waals surface area contributed by atoms with Gasteiger partial charge in [-0.25, -0.2) is 0 Å². The van der Waals surface area contributed by atoms with Crippen molar-refractivity contribution >= 4 is 11.6 Å². The Balaban J connectivity index is 1.81. The highest BCUT2D eigenvalue weighted by molar-refractivity contribution is 5.99. The molecule has 1 aromatic carbocycles. The van der Waals surface area contributed by atoms with Crippen LogP contribution in [0.5, 0.6) is 0 Å². The van der Waals surface area contributed by atoms with Gasteiger partial charge in [0.15, 0.2) is 0 Å². The molecule has 0 saturated heterocycles. The molecule has 1 saturated carbocycles. The van der Waals surface area contributed by atoms with Gasteiger partial charge in [0.1, 0.15) is 0 Å². The van der Waals surface area contributed by atoms with Crippen molar-refractivity contribution in [2.75, 3.05) is 11.9 Å². The van der Waals surface area contributed by atoms with Crippen molar-refractivity contribution in [2.45, 2.75) is 38.5 Å². The molecule has 1 aliphatic carbocycles. The van der Waals surface area contributed by atoms with Crippen molar-refractivity contribution in [1.29, 1.82) is 0 Å². The average molecular weight is 244 g/mol. The van der Waals surface area contributed by atoms with Crippen LogP contribution in [0.4, 0.5) is 5.69 Å². The summed E-state index contributed by atoms with van der Waals surface area (Å²) in [6, 6.07) is 6.36. The Labute approximate surface area is 108 Å². The Bertz CT molecular complexity index is 475. The molecule has 0 atom stereocenters. The molecule has 0 bridgehead atoms. The summed E-state index contributed by atoms with van der Waals surface area (Å²) in [5.74, 6) is 0.108. The monoisotopic (exact) mass is 244 g/mol. The largest absolute Gasteiger partial charge is 0.330 e. The van der Waals surface area contributed by atoms with Crippen LogP contribution in [0.1, 0.15) is 36.8 Å². The Morgan fingerprint density at radius 1 is 1.28 bits per heavy atom. The number of anilines is 1. The molecule has 1 amide bonds. The molecular formula is C15H20N2O. The van der Waals surface area contributed by atoms with Gasteiger partial charge >= 0.3 is 0 Å². The third-order valence-corrected chi connectivity index (χ3v) is 4.47. The number of benzene rings is 1. The number of nitrogens with one attached hydrogen (secondary N) is 1. The van der Waals surface area contributed by atoms with E-state index < -0.39 is 0 Å². The maximum absolute atomic E-state index is 11.3. The van der Waals surface area contributed by atoms with Crippen LogP contribution < -0.4 is 11.1 Å². The van der Waals surface area contributed by atoms with Crippen molar-refractivity contribution < 1.29 is 4.79 Å². The van der Waals surface area contributed by atoms with E-state index in [2.05, 4.69) is 17.4 Å². The fourth-order valence-electron chi connectivity index (χ4n) is 3.40. The zero-order valence-electron chi connectivity index (χ0n) is 10.7. The fraction of sp³-hybridized carbons (Fsp3) is 0.533. The third-order valence-electron chi connectivity index (χ3n) is 4.47. The summed E-state index contributed by atoms with van der Waals surface area (Å²) in [4.78, 5) is 11.3. The molecule has 0 unspecified atom stereocenters. The summed E-state index contributed by atoms with van der Waals surface area (Å²) in [5.41, 5.74) is 9.75. The highest BCUT2D eigenvalue weighted by atomic mass is 16.1. The van der Waals surface area contributed by atoms with Crippen molar-refractivity contribution in [3.8, 4) is 0 Å². The molecule has 0 spiro atoms. The highest BCUT2D eigenvalue weighted by Crippen LogP contribution is 2.40. The lowest BCUT2D eigenvalue weighted by Crippen LogP contribution is -2.29. The standard InChI is InChI=1S/C15H20N2O/c16-10-15(5-1-2-6-15)9-11-3-4-13-12(7-11)8-14(18)17-13/h3-4,7H,1-2,5-6,8-10,16H2,(H,17,18). The highest BCUT2D eigenvalue weighted by Gasteiger charge is 2.32. The lowest BCUT2D eigenvalue weighted by Gasteiger charge is -2.27. The van der Waals surface area contributed by atoms with Crippen LogP contribution in [0.25, 0.3) is 0 Å². The minimum absolute atomic E-state index is 0.108. The SMILES string of the molecule is NCC1(Cc2ccc3c(c2)CC(=O)N3)CCCC1. The Kier molecular flexibility index (Phi) is 2.86. The van der Waals surface area contributed by atoms with E-state index in [0.29, 0.717) is 11.8 Å². The maximum Gasteiger partial charge on any atom is 0.228 e. The van der Waals surface area contributed by atoms with Gasteiger partial charge in [-0.3, -0.25) is 4.79 Å². The predicted molar refractivity (Wildman–Crippen MR) is 72.4 cm³/mol. The lowest BCUT2D eigenvalue weighted by molar-refractivity contribution is -0.115. The Hall–Kier alpha value is -1.35. The molecule has 0 aromatic heterocycles. The number of rotatable bonds is 3. The number of carbonyl (C=O) groups is 1. The van der Waals surface area contributed by atoms with Crippen LogP contribution in [0.15, 0.2) is 18.2 Å². The minimum Gasteiger partial charge on any atom is -0.330 e. The molecule has 3 N–H and O–H groups in total. The summed E-state index contributed by atoms with van der Waals surface area (Å²) in [6.07, 6.45) is 6.70. The van der Waals surface area contributed by atoms with Crippen LogP contribution in [0.3, 0.4) is 0 Å². The number of amides is 1. The zero-order chi connectivity index (χ0) is 12.6. The topological polar surface area (TPSA) is 55.1 Å². The van der Waals surface area contributed by atoms with Crippen LogP contribution in [0, 0.1) is 5.41 Å². The summed E-state index contributed by atoms with van der Waals surface area (Å²) >= 11 is 0. The van der Waals surface area contributed by atoms with Gasteiger partial charge in [-0.05, 0) is 48.4 Å². The quantitative estimate of drug-likeness (QED) is 0.856. The fourth-order valence-corrected chi connectivity index (χ4v) is 3.40. The molecule has 3 nitrogen and oxygen atoms in total. The van der Waals surface area contributed by atoms with Gasteiger partial charge < -0.3 is 11.1 Å². The summed E-state index contributed by atoms with van der Waals surface area (Å²) in [5, 5.41) is 2.88. The predicted octanol–water partition coefficient (Wildman–Crippen LogP) is 2.24. The Morgan fingerprint density at radius 3 is 2.78 bits per heavy atom. The van der Waals surface area contributed by atoms with Crippen LogP contribution >= 0.6 is 0 Å². The first kappa shape index (κ1) is 11.7. The van der Waals surface area contributed by atoms with Gasteiger partial charge in [-0.15, -0.1) is 0 Å². The number of carbonyl (C=O) groups excluding carboxylic acids is 1. The van der Waals surface area contributed by atoms with Gasteiger partial charge in [-0.1, -0.05) is 25.0 Å². The third kappa shape index (κ3) is 2.03. The molecule has 1 fully saturated rings. The van der Waals surface area contributed by atoms with Crippen molar-refractivity contribution in [3.05, 3.63) is 29.3 Å². The van der Waals surface area contributed by atoms with Crippen LogP contribution in [-0.2, 0) is 17.6 Å². The molecule has 96 valence electrons. The number of hydrogen-bond acceptors (Lipinski definition) is 2. The van der Waals surface area contributed by atoms with E-state index in [1.807, 2.05) is 6.07 Å². The Morgan fingerprint density at radius 2 is 2.06 bits per heavy atom. The maximum atomic E-state index is 11.3. The minimum atomic E-state index is 0.108. The molecule has 1 aliphatic heterocycles. The second kappa shape index (κ2) is 4.39. The molecule has 18 heavy (non-hydrogen) atoms. The molecule has 3 rings (SSSR count). The van der Waals surface area contributed by atoms with E-state index in [4.69, 9.17) is 5.73 Å². The number of fused-ring (bicyclic) bond motifs is 1. The van der Waals surface area contributed by atoms with Gasteiger partial charge in [0.2, 0.25) is 5.91 Å². The van der Waals surface area contributed by atoms with Crippen molar-refractivity contribution in [2.24, 2.45) is 11.1 Å². The first-order chi connectivity index (χ1) is 8.71. The van der Waals surface area contributed by atoms with E-state index in [1.165, 1.54) is 31.2 Å². The normalized spacial score (nSPS) is 20.8. The van der Waals surface area contributed by atoms with Crippen LogP contribution in [-0.4, -0.2) is 12.5 Å². The summed E-state index contributed by atoms with van der Waals surface area (Å²) in [6.45, 7) is 0.779. The molecule has 3 heteroatoms. The van der Waals surface area contributed by atoms with E-state index in [0.717, 1.165) is 24.2 Å². The number of hydrogen-bond donors (Lipinski definition) is 2. The van der Waals surface area contributed by atoms with Crippen molar-refractivity contribution in [3.63, 3.8) is 0 Å². The molecule has 2 aliphatic rings. The van der Waals surface area contributed by atoms with Gasteiger partial charge in [-0.2, -0.15) is 0 Å². The lowest BCUT2D eigenvalue weighted by atomic mass is 9.80. The molecular weight excluding hydrogens is 224 g/mol. The average Bonchev–Trinajstić information content (AvgIpc) is 2.95. The van der Waals surface area contributed by atoms with Gasteiger partial charge in [0, 0.05) is 5.69 Å². The molecule has 1 heterocycles. The van der Waals surface area contributed by atoms with E-state index in [-0.39, 0.29) is 5.91 Å². The van der Waals surface area contributed by atoms with E-state index in [9.17, 15) is 4.79 Å².